The number of hydrogen-bond donors (Lipinski definition) is 1. The van der Waals surface area contributed by atoms with Gasteiger partial charge >= 0.3 is 0 Å². The molecule has 0 bridgehead atoms. The molecule has 17 heavy (non-hydrogen) atoms. The van der Waals surface area contributed by atoms with Gasteiger partial charge in [0.25, 0.3) is 5.56 Å². The predicted octanol–water partition coefficient (Wildman–Crippen LogP) is 2.04. The van der Waals surface area contributed by atoms with Crippen molar-refractivity contribution in [2.24, 2.45) is 0 Å². The zero-order chi connectivity index (χ0) is 12.3. The number of hydrogen-bond acceptors (Lipinski definition) is 3. The van der Waals surface area contributed by atoms with E-state index < -0.39 is 0 Å². The summed E-state index contributed by atoms with van der Waals surface area (Å²) in [6.45, 7) is 0.546. The molecule has 0 aliphatic carbocycles. The van der Waals surface area contributed by atoms with Gasteiger partial charge < -0.3 is 4.74 Å². The van der Waals surface area contributed by atoms with Crippen molar-refractivity contribution in [3.8, 4) is 5.69 Å². The molecule has 1 aromatic carbocycles. The fourth-order valence-corrected chi connectivity index (χ4v) is 1.85. The Hall–Kier alpha value is -1.72. The van der Waals surface area contributed by atoms with Crippen LogP contribution in [0.5, 0.6) is 0 Å². The molecule has 0 radical (unpaired) electrons. The van der Waals surface area contributed by atoms with Crippen molar-refractivity contribution >= 4 is 12.2 Å². The lowest BCUT2D eigenvalue weighted by atomic mass is 10.2. The molecule has 0 unspecified atom stereocenters. The van der Waals surface area contributed by atoms with Crippen molar-refractivity contribution in [3.05, 3.63) is 57.2 Å². The summed E-state index contributed by atoms with van der Waals surface area (Å²) < 4.78 is 7.20. The van der Waals surface area contributed by atoms with Crippen molar-refractivity contribution in [3.63, 3.8) is 0 Å². The van der Waals surface area contributed by atoms with Crippen LogP contribution >= 0.6 is 12.2 Å². The molecule has 0 spiro atoms. The summed E-state index contributed by atoms with van der Waals surface area (Å²) in [6, 6.07) is 9.24. The highest BCUT2D eigenvalue weighted by atomic mass is 32.1. The Morgan fingerprint density at radius 1 is 1.41 bits per heavy atom. The third-order valence-corrected chi connectivity index (χ3v) is 2.62. The van der Waals surface area contributed by atoms with Gasteiger partial charge in [-0.15, -0.1) is 0 Å². The Balaban J connectivity index is 2.49. The summed E-state index contributed by atoms with van der Waals surface area (Å²) >= 11 is 5.11. The number of methoxy groups -OCH3 is 1. The molecule has 0 fully saturated rings. The van der Waals surface area contributed by atoms with Gasteiger partial charge in [0, 0.05) is 25.1 Å². The van der Waals surface area contributed by atoms with Crippen LogP contribution in [0.1, 0.15) is 5.56 Å². The van der Waals surface area contributed by atoms with Crippen LogP contribution < -0.4 is 5.56 Å². The van der Waals surface area contributed by atoms with E-state index in [1.54, 1.807) is 17.9 Å². The maximum absolute atomic E-state index is 11.1. The Morgan fingerprint density at radius 2 is 2.24 bits per heavy atom. The van der Waals surface area contributed by atoms with Gasteiger partial charge in [-0.1, -0.05) is 12.1 Å². The zero-order valence-corrected chi connectivity index (χ0v) is 10.2. The van der Waals surface area contributed by atoms with Crippen LogP contribution in [0, 0.1) is 4.77 Å². The molecule has 0 atom stereocenters. The molecule has 1 N–H and O–H groups in total. The van der Waals surface area contributed by atoms with E-state index in [1.807, 2.05) is 24.3 Å². The van der Waals surface area contributed by atoms with Crippen LogP contribution in [0.15, 0.2) is 41.3 Å². The fourth-order valence-electron chi connectivity index (χ4n) is 1.58. The average Bonchev–Trinajstić information content (AvgIpc) is 2.29. The van der Waals surface area contributed by atoms with Crippen LogP contribution in [0.25, 0.3) is 5.69 Å². The number of aromatic nitrogens is 2. The van der Waals surface area contributed by atoms with E-state index in [4.69, 9.17) is 17.0 Å². The van der Waals surface area contributed by atoms with Crippen LogP contribution in [-0.4, -0.2) is 16.7 Å². The molecule has 88 valence electrons. The Kier molecular flexibility index (Phi) is 3.51. The third kappa shape index (κ3) is 2.69. The van der Waals surface area contributed by atoms with E-state index in [-0.39, 0.29) is 5.56 Å². The number of rotatable bonds is 3. The second-order valence-corrected chi connectivity index (χ2v) is 3.97. The summed E-state index contributed by atoms with van der Waals surface area (Å²) in [5.74, 6) is 0. The predicted molar refractivity (Wildman–Crippen MR) is 67.9 cm³/mol. The summed E-state index contributed by atoms with van der Waals surface area (Å²) in [6.07, 6.45) is 1.66. The van der Waals surface area contributed by atoms with Gasteiger partial charge in [0.2, 0.25) is 0 Å². The standard InChI is InChI=1S/C12H12N2O2S/c1-16-8-9-3-2-4-10(7-9)14-6-5-11(15)13-12(14)17/h2-7H,8H2,1H3,(H,13,15,17). The van der Waals surface area contributed by atoms with E-state index >= 15 is 0 Å². The van der Waals surface area contributed by atoms with Crippen LogP contribution in [-0.2, 0) is 11.3 Å². The van der Waals surface area contributed by atoms with Gasteiger partial charge in [0.05, 0.1) is 6.61 Å². The molecule has 0 amide bonds. The van der Waals surface area contributed by atoms with Crippen molar-refractivity contribution in [2.45, 2.75) is 6.61 Å². The summed E-state index contributed by atoms with van der Waals surface area (Å²) in [7, 11) is 1.65. The van der Waals surface area contributed by atoms with E-state index in [9.17, 15) is 4.79 Å². The first kappa shape index (κ1) is 11.8. The van der Waals surface area contributed by atoms with Crippen LogP contribution in [0.2, 0.25) is 0 Å². The highest BCUT2D eigenvalue weighted by Gasteiger charge is 1.99. The lowest BCUT2D eigenvalue weighted by Gasteiger charge is -2.07. The second kappa shape index (κ2) is 5.07. The third-order valence-electron chi connectivity index (χ3n) is 2.32. The molecule has 1 heterocycles. The smallest absolute Gasteiger partial charge is 0.251 e. The van der Waals surface area contributed by atoms with Crippen molar-refractivity contribution in [1.82, 2.24) is 9.55 Å². The summed E-state index contributed by atoms with van der Waals surface area (Å²) in [5.41, 5.74) is 1.76. The minimum Gasteiger partial charge on any atom is -0.380 e. The molecular weight excluding hydrogens is 236 g/mol. The minimum atomic E-state index is -0.195. The highest BCUT2D eigenvalue weighted by molar-refractivity contribution is 7.71. The Bertz CT molecular complexity index is 631. The lowest BCUT2D eigenvalue weighted by Crippen LogP contribution is -2.09. The fraction of sp³-hybridized carbons (Fsp3) is 0.167. The molecule has 0 saturated carbocycles. The molecule has 0 aliphatic rings. The minimum absolute atomic E-state index is 0.195. The number of nitrogens with one attached hydrogen (secondary N) is 1. The number of benzene rings is 1. The van der Waals surface area contributed by atoms with Gasteiger partial charge in [-0.3, -0.25) is 14.3 Å². The highest BCUT2D eigenvalue weighted by Crippen LogP contribution is 2.10. The average molecular weight is 248 g/mol. The topological polar surface area (TPSA) is 47.0 Å². The molecule has 0 aliphatic heterocycles. The van der Waals surface area contributed by atoms with E-state index in [0.717, 1.165) is 11.3 Å². The molecule has 5 heteroatoms. The number of H-pyrrole nitrogens is 1. The second-order valence-electron chi connectivity index (χ2n) is 3.58. The zero-order valence-electron chi connectivity index (χ0n) is 9.34. The largest absolute Gasteiger partial charge is 0.380 e. The maximum Gasteiger partial charge on any atom is 0.251 e. The summed E-state index contributed by atoms with van der Waals surface area (Å²) in [4.78, 5) is 13.7. The first-order valence-electron chi connectivity index (χ1n) is 5.11. The first-order chi connectivity index (χ1) is 8.20. The van der Waals surface area contributed by atoms with Crippen LogP contribution in [0.3, 0.4) is 0 Å². The van der Waals surface area contributed by atoms with Gasteiger partial charge in [-0.25, -0.2) is 0 Å². The lowest BCUT2D eigenvalue weighted by molar-refractivity contribution is 0.185. The van der Waals surface area contributed by atoms with Gasteiger partial charge in [0.1, 0.15) is 0 Å². The molecule has 2 aromatic rings. The quantitative estimate of drug-likeness (QED) is 0.846. The maximum atomic E-state index is 11.1. The van der Waals surface area contributed by atoms with Crippen molar-refractivity contribution < 1.29 is 4.74 Å². The van der Waals surface area contributed by atoms with E-state index in [0.29, 0.717) is 11.4 Å². The normalized spacial score (nSPS) is 10.4. The number of nitrogens with zero attached hydrogens (tertiary/aromatic N) is 1. The van der Waals surface area contributed by atoms with Gasteiger partial charge in [-0.05, 0) is 29.9 Å². The number of ether oxygens (including phenoxy) is 1. The molecule has 1 aromatic heterocycles. The molecule has 4 nitrogen and oxygen atoms in total. The summed E-state index contributed by atoms with van der Waals surface area (Å²) in [5, 5.41) is 0. The van der Waals surface area contributed by atoms with Gasteiger partial charge in [0.15, 0.2) is 4.77 Å². The Morgan fingerprint density at radius 3 is 2.94 bits per heavy atom. The van der Waals surface area contributed by atoms with Crippen molar-refractivity contribution in [2.75, 3.05) is 7.11 Å². The SMILES string of the molecule is COCc1cccc(-n2ccc(=O)[nH]c2=S)c1. The van der Waals surface area contributed by atoms with Crippen molar-refractivity contribution in [1.29, 1.82) is 0 Å². The van der Waals surface area contributed by atoms with E-state index in [1.165, 1.54) is 6.07 Å². The van der Waals surface area contributed by atoms with Gasteiger partial charge in [-0.2, -0.15) is 0 Å². The molecule has 0 saturated heterocycles. The van der Waals surface area contributed by atoms with E-state index in [2.05, 4.69) is 4.98 Å². The Labute approximate surface area is 104 Å². The monoisotopic (exact) mass is 248 g/mol. The number of aromatic amines is 1. The first-order valence-corrected chi connectivity index (χ1v) is 5.52. The molecular formula is C12H12N2O2S. The van der Waals surface area contributed by atoms with Crippen LogP contribution in [0.4, 0.5) is 0 Å². The molecule has 2 rings (SSSR count).